The number of aromatic nitrogens is 1. The van der Waals surface area contributed by atoms with Crippen LogP contribution in [0.1, 0.15) is 0 Å². The molecule has 1 aromatic carbocycles. The van der Waals surface area contributed by atoms with E-state index in [-0.39, 0.29) is 5.56 Å². The number of fused-ring (bicyclic) bond motifs is 1. The standard InChI is InChI=1S/C7H6N2OS/c8-4-1-2-6-5(3-4)7(10)9-11-6/h1-3H,8H2,(H,9,10). The molecule has 2 aromatic rings. The number of hydrogen-bond donors (Lipinski definition) is 2. The molecule has 1 heterocycles. The summed E-state index contributed by atoms with van der Waals surface area (Å²) in [5, 5.41) is 0.676. The van der Waals surface area contributed by atoms with Gasteiger partial charge in [-0.05, 0) is 18.2 Å². The fraction of sp³-hybridized carbons (Fsp3) is 0. The van der Waals surface area contributed by atoms with Gasteiger partial charge in [0.2, 0.25) is 0 Å². The second-order valence-corrected chi connectivity index (χ2v) is 3.14. The molecule has 0 atom stereocenters. The van der Waals surface area contributed by atoms with E-state index in [9.17, 15) is 4.79 Å². The van der Waals surface area contributed by atoms with Crippen LogP contribution < -0.4 is 11.3 Å². The fourth-order valence-electron chi connectivity index (χ4n) is 0.970. The lowest BCUT2D eigenvalue weighted by Crippen LogP contribution is -1.96. The Hall–Kier alpha value is -1.29. The molecular weight excluding hydrogens is 160 g/mol. The molecule has 0 bridgehead atoms. The first-order valence-electron chi connectivity index (χ1n) is 3.14. The third-order valence-corrected chi connectivity index (χ3v) is 2.37. The van der Waals surface area contributed by atoms with Crippen LogP contribution in [0.25, 0.3) is 10.1 Å². The van der Waals surface area contributed by atoms with Gasteiger partial charge in [0.1, 0.15) is 0 Å². The van der Waals surface area contributed by atoms with Gasteiger partial charge >= 0.3 is 0 Å². The molecule has 0 amide bonds. The minimum atomic E-state index is -0.0581. The number of H-pyrrole nitrogens is 1. The zero-order valence-corrected chi connectivity index (χ0v) is 6.44. The summed E-state index contributed by atoms with van der Waals surface area (Å²) in [6.07, 6.45) is 0. The van der Waals surface area contributed by atoms with Crippen LogP contribution in [0.3, 0.4) is 0 Å². The highest BCUT2D eigenvalue weighted by atomic mass is 32.1. The predicted molar refractivity (Wildman–Crippen MR) is 46.9 cm³/mol. The van der Waals surface area contributed by atoms with Gasteiger partial charge in [-0.25, -0.2) is 0 Å². The molecule has 0 unspecified atom stereocenters. The van der Waals surface area contributed by atoms with Gasteiger partial charge in [-0.2, -0.15) is 0 Å². The van der Waals surface area contributed by atoms with Crippen molar-refractivity contribution in [1.29, 1.82) is 0 Å². The average molecular weight is 166 g/mol. The number of hydrogen-bond acceptors (Lipinski definition) is 3. The minimum absolute atomic E-state index is 0.0581. The summed E-state index contributed by atoms with van der Waals surface area (Å²) in [6, 6.07) is 5.31. The van der Waals surface area contributed by atoms with Crippen LogP contribution in [0, 0.1) is 0 Å². The second kappa shape index (κ2) is 2.10. The summed E-state index contributed by atoms with van der Waals surface area (Å²) in [5.41, 5.74) is 6.07. The second-order valence-electron chi connectivity index (χ2n) is 2.29. The zero-order valence-electron chi connectivity index (χ0n) is 5.63. The van der Waals surface area contributed by atoms with Crippen molar-refractivity contribution in [2.24, 2.45) is 0 Å². The molecule has 0 fully saturated rings. The van der Waals surface area contributed by atoms with E-state index in [0.717, 1.165) is 4.70 Å². The van der Waals surface area contributed by atoms with E-state index in [1.54, 1.807) is 12.1 Å². The Morgan fingerprint density at radius 3 is 3.09 bits per heavy atom. The van der Waals surface area contributed by atoms with Crippen LogP contribution in [0.4, 0.5) is 5.69 Å². The quantitative estimate of drug-likeness (QED) is 0.577. The zero-order chi connectivity index (χ0) is 7.84. The molecule has 4 heteroatoms. The number of nitrogen functional groups attached to an aromatic ring is 1. The molecule has 2 rings (SSSR count). The molecule has 56 valence electrons. The minimum Gasteiger partial charge on any atom is -0.399 e. The summed E-state index contributed by atoms with van der Waals surface area (Å²) >= 11 is 1.33. The molecule has 0 aliphatic heterocycles. The Bertz CT molecular complexity index is 443. The van der Waals surface area contributed by atoms with Gasteiger partial charge in [-0.3, -0.25) is 9.17 Å². The van der Waals surface area contributed by atoms with Crippen molar-refractivity contribution in [3.05, 3.63) is 28.6 Å². The van der Waals surface area contributed by atoms with E-state index in [1.165, 1.54) is 11.5 Å². The van der Waals surface area contributed by atoms with E-state index in [0.29, 0.717) is 11.1 Å². The SMILES string of the molecule is Nc1ccc2s[nH]c(=O)c2c1. The van der Waals surface area contributed by atoms with Crippen LogP contribution >= 0.6 is 11.5 Å². The lowest BCUT2D eigenvalue weighted by atomic mass is 10.2. The molecule has 3 N–H and O–H groups in total. The third kappa shape index (κ3) is 0.914. The Labute approximate surface area is 66.6 Å². The van der Waals surface area contributed by atoms with Crippen molar-refractivity contribution >= 4 is 27.3 Å². The third-order valence-electron chi connectivity index (χ3n) is 1.50. The first kappa shape index (κ1) is 6.42. The predicted octanol–water partition coefficient (Wildman–Crippen LogP) is 1.17. The number of nitrogens with one attached hydrogen (secondary N) is 1. The van der Waals surface area contributed by atoms with Gasteiger partial charge in [-0.15, -0.1) is 0 Å². The van der Waals surface area contributed by atoms with E-state index in [1.807, 2.05) is 6.07 Å². The Balaban J connectivity index is 2.99. The fourth-order valence-corrected chi connectivity index (χ4v) is 1.68. The van der Waals surface area contributed by atoms with Crippen LogP contribution in [0.15, 0.2) is 23.0 Å². The van der Waals surface area contributed by atoms with Crippen molar-refractivity contribution in [2.45, 2.75) is 0 Å². The summed E-state index contributed by atoms with van der Waals surface area (Å²) in [5.74, 6) is 0. The molecule has 11 heavy (non-hydrogen) atoms. The van der Waals surface area contributed by atoms with Crippen LogP contribution in [0.2, 0.25) is 0 Å². The van der Waals surface area contributed by atoms with Crippen LogP contribution in [-0.4, -0.2) is 4.37 Å². The molecule has 0 saturated carbocycles. The summed E-state index contributed by atoms with van der Waals surface area (Å²) < 4.78 is 3.58. The maximum Gasteiger partial charge on any atom is 0.265 e. The Morgan fingerprint density at radius 2 is 2.27 bits per heavy atom. The maximum absolute atomic E-state index is 11.0. The molecule has 0 aliphatic rings. The average Bonchev–Trinajstić information content (AvgIpc) is 2.33. The molecular formula is C7H6N2OS. The van der Waals surface area contributed by atoms with Gasteiger partial charge < -0.3 is 5.73 Å². The monoisotopic (exact) mass is 166 g/mol. The van der Waals surface area contributed by atoms with Crippen molar-refractivity contribution < 1.29 is 0 Å². The molecule has 0 saturated heterocycles. The number of nitrogens with two attached hydrogens (primary N) is 1. The summed E-state index contributed by atoms with van der Waals surface area (Å²) in [6.45, 7) is 0. The number of rotatable bonds is 0. The number of aromatic amines is 1. The molecule has 0 spiro atoms. The maximum atomic E-state index is 11.0. The number of anilines is 1. The normalized spacial score (nSPS) is 10.5. The molecule has 0 aliphatic carbocycles. The smallest absolute Gasteiger partial charge is 0.265 e. The van der Waals surface area contributed by atoms with Crippen molar-refractivity contribution in [3.8, 4) is 0 Å². The Kier molecular flexibility index (Phi) is 1.22. The van der Waals surface area contributed by atoms with E-state index < -0.39 is 0 Å². The number of benzene rings is 1. The first-order chi connectivity index (χ1) is 5.27. The van der Waals surface area contributed by atoms with E-state index in [2.05, 4.69) is 4.37 Å². The highest BCUT2D eigenvalue weighted by Gasteiger charge is 1.99. The van der Waals surface area contributed by atoms with E-state index in [4.69, 9.17) is 5.73 Å². The lowest BCUT2D eigenvalue weighted by Gasteiger charge is -1.88. The van der Waals surface area contributed by atoms with Crippen LogP contribution in [0.5, 0.6) is 0 Å². The van der Waals surface area contributed by atoms with Gasteiger partial charge in [0.05, 0.1) is 10.1 Å². The molecule has 0 radical (unpaired) electrons. The van der Waals surface area contributed by atoms with Gasteiger partial charge in [-0.1, -0.05) is 11.5 Å². The van der Waals surface area contributed by atoms with Gasteiger partial charge in [0.25, 0.3) is 5.56 Å². The summed E-state index contributed by atoms with van der Waals surface area (Å²) in [7, 11) is 0. The molecule has 1 aromatic heterocycles. The van der Waals surface area contributed by atoms with E-state index >= 15 is 0 Å². The summed E-state index contributed by atoms with van der Waals surface area (Å²) in [4.78, 5) is 11.0. The van der Waals surface area contributed by atoms with Crippen molar-refractivity contribution in [1.82, 2.24) is 4.37 Å². The highest BCUT2D eigenvalue weighted by molar-refractivity contribution is 7.13. The first-order valence-corrected chi connectivity index (χ1v) is 3.96. The largest absolute Gasteiger partial charge is 0.399 e. The van der Waals surface area contributed by atoms with Gasteiger partial charge in [0, 0.05) is 5.69 Å². The molecule has 3 nitrogen and oxygen atoms in total. The van der Waals surface area contributed by atoms with Crippen molar-refractivity contribution in [3.63, 3.8) is 0 Å². The Morgan fingerprint density at radius 1 is 1.45 bits per heavy atom. The topological polar surface area (TPSA) is 58.9 Å². The van der Waals surface area contributed by atoms with Crippen molar-refractivity contribution in [2.75, 3.05) is 5.73 Å². The van der Waals surface area contributed by atoms with Gasteiger partial charge in [0.15, 0.2) is 0 Å². The van der Waals surface area contributed by atoms with Crippen LogP contribution in [-0.2, 0) is 0 Å². The highest BCUT2D eigenvalue weighted by Crippen LogP contribution is 2.16. The lowest BCUT2D eigenvalue weighted by molar-refractivity contribution is 1.46.